The van der Waals surface area contributed by atoms with E-state index >= 15 is 0 Å². The van der Waals surface area contributed by atoms with Gasteiger partial charge in [0.15, 0.2) is 0 Å². The number of carbonyl (C=O) groups is 1. The van der Waals surface area contributed by atoms with Crippen LogP contribution in [0.15, 0.2) is 53.0 Å². The molecule has 1 N–H and O–H groups in total. The van der Waals surface area contributed by atoms with E-state index in [9.17, 15) is 9.18 Å². The number of amides is 1. The monoisotopic (exact) mass is 349 g/mol. The zero-order chi connectivity index (χ0) is 15.2. The van der Waals surface area contributed by atoms with Crippen LogP contribution in [0, 0.1) is 5.82 Å². The molecule has 0 spiro atoms. The first-order valence-corrected chi connectivity index (χ1v) is 7.66. The molecule has 0 fully saturated rings. The molecule has 0 bridgehead atoms. The van der Waals surface area contributed by atoms with Crippen molar-refractivity contribution < 1.29 is 9.18 Å². The lowest BCUT2D eigenvalue weighted by Crippen LogP contribution is -2.33. The Morgan fingerprint density at radius 3 is 2.62 bits per heavy atom. The van der Waals surface area contributed by atoms with Crippen LogP contribution in [0.1, 0.15) is 29.3 Å². The van der Waals surface area contributed by atoms with Crippen molar-refractivity contribution >= 4 is 21.8 Å². The third-order valence-corrected chi connectivity index (χ3v) is 3.90. The Morgan fingerprint density at radius 2 is 1.90 bits per heavy atom. The van der Waals surface area contributed by atoms with Gasteiger partial charge in [-0.15, -0.1) is 0 Å². The fraction of sp³-hybridized carbons (Fsp3) is 0.235. The first-order chi connectivity index (χ1) is 10.1. The van der Waals surface area contributed by atoms with Crippen molar-refractivity contribution in [2.24, 2.45) is 0 Å². The largest absolute Gasteiger partial charge is 0.349 e. The molecule has 1 unspecified atom stereocenters. The van der Waals surface area contributed by atoms with Gasteiger partial charge in [-0.25, -0.2) is 4.39 Å². The Hall–Kier alpha value is -1.68. The van der Waals surface area contributed by atoms with Crippen molar-refractivity contribution in [2.45, 2.75) is 25.8 Å². The summed E-state index contributed by atoms with van der Waals surface area (Å²) in [7, 11) is 0. The Morgan fingerprint density at radius 1 is 1.19 bits per heavy atom. The van der Waals surface area contributed by atoms with Gasteiger partial charge in [-0.2, -0.15) is 0 Å². The van der Waals surface area contributed by atoms with E-state index in [0.717, 1.165) is 12.8 Å². The molecule has 4 heteroatoms. The van der Waals surface area contributed by atoms with Gasteiger partial charge in [0.25, 0.3) is 5.91 Å². The van der Waals surface area contributed by atoms with Crippen molar-refractivity contribution in [3.63, 3.8) is 0 Å². The van der Waals surface area contributed by atoms with E-state index in [2.05, 4.69) is 33.4 Å². The summed E-state index contributed by atoms with van der Waals surface area (Å²) >= 11 is 3.09. The van der Waals surface area contributed by atoms with Crippen molar-refractivity contribution in [2.75, 3.05) is 0 Å². The van der Waals surface area contributed by atoms with Crippen LogP contribution >= 0.6 is 15.9 Å². The Kier molecular flexibility index (Phi) is 5.51. The second kappa shape index (κ2) is 7.36. The lowest BCUT2D eigenvalue weighted by Gasteiger charge is -2.14. The van der Waals surface area contributed by atoms with Crippen LogP contribution in [-0.2, 0) is 6.42 Å². The molecule has 2 aromatic rings. The summed E-state index contributed by atoms with van der Waals surface area (Å²) in [5, 5.41) is 2.83. The second-order valence-electron chi connectivity index (χ2n) is 5.00. The Balaban J connectivity index is 1.92. The Labute approximate surface area is 132 Å². The highest BCUT2D eigenvalue weighted by atomic mass is 79.9. The summed E-state index contributed by atoms with van der Waals surface area (Å²) in [5.74, 6) is -0.903. The topological polar surface area (TPSA) is 29.1 Å². The zero-order valence-corrected chi connectivity index (χ0v) is 13.4. The summed E-state index contributed by atoms with van der Waals surface area (Å²) in [6.07, 6.45) is 1.69. The molecule has 2 rings (SSSR count). The van der Waals surface area contributed by atoms with E-state index in [0.29, 0.717) is 4.47 Å². The lowest BCUT2D eigenvalue weighted by atomic mass is 10.1. The molecule has 0 aliphatic rings. The highest BCUT2D eigenvalue weighted by Gasteiger charge is 2.15. The molecule has 2 aromatic carbocycles. The molecule has 0 aromatic heterocycles. The number of hydrogen-bond donors (Lipinski definition) is 1. The van der Waals surface area contributed by atoms with Gasteiger partial charge in [0.05, 0.1) is 10.0 Å². The maximum Gasteiger partial charge on any atom is 0.254 e. The van der Waals surface area contributed by atoms with Gasteiger partial charge >= 0.3 is 0 Å². The van der Waals surface area contributed by atoms with Gasteiger partial charge < -0.3 is 5.32 Å². The van der Waals surface area contributed by atoms with Gasteiger partial charge in [-0.05, 0) is 53.4 Å². The molecule has 0 saturated carbocycles. The van der Waals surface area contributed by atoms with Crippen LogP contribution in [0.5, 0.6) is 0 Å². The van der Waals surface area contributed by atoms with Crippen molar-refractivity contribution in [3.05, 3.63) is 69.9 Å². The number of halogens is 2. The molecule has 0 aliphatic heterocycles. The van der Waals surface area contributed by atoms with Crippen LogP contribution in [0.4, 0.5) is 4.39 Å². The number of benzene rings is 2. The summed E-state index contributed by atoms with van der Waals surface area (Å²) in [5.41, 5.74) is 1.29. The summed E-state index contributed by atoms with van der Waals surface area (Å²) in [4.78, 5) is 12.1. The number of carbonyl (C=O) groups excluding carboxylic acids is 1. The number of aryl methyl sites for hydroxylation is 1. The van der Waals surface area contributed by atoms with Crippen molar-refractivity contribution in [3.8, 4) is 0 Å². The predicted octanol–water partition coefficient (Wildman–Crippen LogP) is 4.34. The van der Waals surface area contributed by atoms with Crippen molar-refractivity contribution in [1.82, 2.24) is 5.32 Å². The van der Waals surface area contributed by atoms with Gasteiger partial charge in [-0.1, -0.05) is 36.4 Å². The van der Waals surface area contributed by atoms with Crippen LogP contribution in [0.2, 0.25) is 0 Å². The van der Waals surface area contributed by atoms with Crippen LogP contribution in [0.3, 0.4) is 0 Å². The fourth-order valence-corrected chi connectivity index (χ4v) is 2.45. The third-order valence-electron chi connectivity index (χ3n) is 3.28. The normalized spacial score (nSPS) is 12.0. The minimum Gasteiger partial charge on any atom is -0.349 e. The first kappa shape index (κ1) is 15.7. The van der Waals surface area contributed by atoms with E-state index in [1.807, 2.05) is 25.1 Å². The summed E-state index contributed by atoms with van der Waals surface area (Å²) in [6.45, 7) is 1.93. The molecule has 110 valence electrons. The highest BCUT2D eigenvalue weighted by molar-refractivity contribution is 9.10. The van der Waals surface area contributed by atoms with E-state index in [4.69, 9.17) is 0 Å². The van der Waals surface area contributed by atoms with Crippen LogP contribution in [-0.4, -0.2) is 11.9 Å². The number of rotatable bonds is 5. The van der Waals surface area contributed by atoms with E-state index in [1.165, 1.54) is 11.6 Å². The molecule has 0 heterocycles. The fourth-order valence-electron chi connectivity index (χ4n) is 2.08. The Bertz CT molecular complexity index is 615. The summed E-state index contributed by atoms with van der Waals surface area (Å²) in [6, 6.07) is 14.8. The van der Waals surface area contributed by atoms with Gasteiger partial charge in [0, 0.05) is 6.04 Å². The second-order valence-corrected chi connectivity index (χ2v) is 5.85. The zero-order valence-electron chi connectivity index (χ0n) is 11.8. The molecular weight excluding hydrogens is 333 g/mol. The molecule has 1 atom stereocenters. The third kappa shape index (κ3) is 4.39. The molecule has 1 amide bonds. The molecular formula is C17H17BrFNO. The first-order valence-electron chi connectivity index (χ1n) is 6.86. The maximum atomic E-state index is 13.8. The number of nitrogens with one attached hydrogen (secondary N) is 1. The van der Waals surface area contributed by atoms with Crippen LogP contribution < -0.4 is 5.32 Å². The molecule has 0 saturated heterocycles. The summed E-state index contributed by atoms with van der Waals surface area (Å²) < 4.78 is 14.1. The standard InChI is InChI=1S/C17H17BrFNO/c1-12(10-11-13-6-3-2-4-7-13)20-17(21)14-8-5-9-15(18)16(14)19/h2-9,12H,10-11H2,1H3,(H,20,21). The van der Waals surface area contributed by atoms with Gasteiger partial charge in [0.1, 0.15) is 5.82 Å². The number of hydrogen-bond acceptors (Lipinski definition) is 1. The molecule has 0 radical (unpaired) electrons. The highest BCUT2D eigenvalue weighted by Crippen LogP contribution is 2.18. The van der Waals surface area contributed by atoms with Crippen LogP contribution in [0.25, 0.3) is 0 Å². The van der Waals surface area contributed by atoms with E-state index < -0.39 is 5.82 Å². The molecule has 0 aliphatic carbocycles. The minimum atomic E-state index is -0.523. The van der Waals surface area contributed by atoms with E-state index in [-0.39, 0.29) is 17.5 Å². The van der Waals surface area contributed by atoms with Crippen molar-refractivity contribution in [1.29, 1.82) is 0 Å². The SMILES string of the molecule is CC(CCc1ccccc1)NC(=O)c1cccc(Br)c1F. The average molecular weight is 350 g/mol. The minimum absolute atomic E-state index is 0.0175. The lowest BCUT2D eigenvalue weighted by molar-refractivity contribution is 0.0934. The maximum absolute atomic E-state index is 13.8. The smallest absolute Gasteiger partial charge is 0.254 e. The molecule has 21 heavy (non-hydrogen) atoms. The van der Waals surface area contributed by atoms with E-state index in [1.54, 1.807) is 12.1 Å². The quantitative estimate of drug-likeness (QED) is 0.854. The van der Waals surface area contributed by atoms with Gasteiger partial charge in [0.2, 0.25) is 0 Å². The van der Waals surface area contributed by atoms with Gasteiger partial charge in [-0.3, -0.25) is 4.79 Å². The molecule has 2 nitrogen and oxygen atoms in total. The average Bonchev–Trinajstić information content (AvgIpc) is 2.49. The predicted molar refractivity (Wildman–Crippen MR) is 85.8 cm³/mol.